The van der Waals surface area contributed by atoms with Gasteiger partial charge in [-0.05, 0) is 31.3 Å². The molecule has 20 heavy (non-hydrogen) atoms. The first-order valence-corrected chi connectivity index (χ1v) is 7.77. The normalized spacial score (nSPS) is 21.6. The summed E-state index contributed by atoms with van der Waals surface area (Å²) in [6.07, 6.45) is 12.0. The van der Waals surface area contributed by atoms with Crippen LogP contribution in [0.4, 0.5) is 0 Å². The molecule has 1 amide bonds. The molecule has 1 saturated heterocycles. The fourth-order valence-corrected chi connectivity index (χ4v) is 2.42. The van der Waals surface area contributed by atoms with E-state index in [1.165, 1.54) is 17.6 Å². The molecule has 1 heterocycles. The molecule has 1 atom stereocenters. The average molecular weight is 275 g/mol. The summed E-state index contributed by atoms with van der Waals surface area (Å²) in [5.41, 5.74) is 2.51. The van der Waals surface area contributed by atoms with Crippen molar-refractivity contribution in [2.75, 3.05) is 13.6 Å². The van der Waals surface area contributed by atoms with E-state index in [0.29, 0.717) is 5.92 Å². The van der Waals surface area contributed by atoms with Crippen LogP contribution in [0.3, 0.4) is 0 Å². The number of nitrogens with zero attached hydrogens (tertiary/aromatic N) is 1. The lowest BCUT2D eigenvalue weighted by Gasteiger charge is -2.11. The van der Waals surface area contributed by atoms with E-state index in [4.69, 9.17) is 0 Å². The van der Waals surface area contributed by atoms with Crippen LogP contribution in [0.1, 0.15) is 47.0 Å². The first-order chi connectivity index (χ1) is 9.47. The second-order valence-electron chi connectivity index (χ2n) is 6.02. The van der Waals surface area contributed by atoms with Crippen LogP contribution in [0.15, 0.2) is 35.5 Å². The lowest BCUT2D eigenvalue weighted by atomic mass is 9.96. The zero-order chi connectivity index (χ0) is 15.1. The summed E-state index contributed by atoms with van der Waals surface area (Å²) < 4.78 is 0. The van der Waals surface area contributed by atoms with Gasteiger partial charge in [0.05, 0.1) is 5.92 Å². The monoisotopic (exact) mass is 275 g/mol. The number of likely N-dealkylation sites (tertiary alicyclic amines) is 1. The number of rotatable bonds is 6. The zero-order valence-electron chi connectivity index (χ0n) is 13.6. The maximum atomic E-state index is 12.0. The van der Waals surface area contributed by atoms with Crippen molar-refractivity contribution >= 4 is 5.91 Å². The Morgan fingerprint density at radius 2 is 2.10 bits per heavy atom. The van der Waals surface area contributed by atoms with E-state index in [1.54, 1.807) is 0 Å². The highest BCUT2D eigenvalue weighted by molar-refractivity contribution is 5.83. The number of carbonyl (C=O) groups is 1. The second kappa shape index (κ2) is 8.08. The number of allylic oxidation sites excluding steroid dienone is 5. The minimum Gasteiger partial charge on any atom is -0.345 e. The van der Waals surface area contributed by atoms with Crippen LogP contribution in [0.25, 0.3) is 0 Å². The van der Waals surface area contributed by atoms with Gasteiger partial charge in [-0.25, -0.2) is 0 Å². The van der Waals surface area contributed by atoms with E-state index >= 15 is 0 Å². The maximum Gasteiger partial charge on any atom is 0.229 e. The van der Waals surface area contributed by atoms with Gasteiger partial charge in [-0.1, -0.05) is 57.1 Å². The molecule has 0 aromatic heterocycles. The minimum absolute atomic E-state index is 0.0873. The SMILES string of the molecule is CCC/C=C/C(=C/C=C(\C)C1CCN(C)C1=O)C(C)C. The summed E-state index contributed by atoms with van der Waals surface area (Å²) in [7, 11) is 1.89. The lowest BCUT2D eigenvalue weighted by Crippen LogP contribution is -2.22. The second-order valence-corrected chi connectivity index (χ2v) is 6.02. The first-order valence-electron chi connectivity index (χ1n) is 7.77. The quantitative estimate of drug-likeness (QED) is 0.660. The minimum atomic E-state index is 0.0873. The predicted octanol–water partition coefficient (Wildman–Crippen LogP) is 4.35. The smallest absolute Gasteiger partial charge is 0.229 e. The summed E-state index contributed by atoms with van der Waals surface area (Å²) in [5.74, 6) is 0.859. The number of hydrogen-bond donors (Lipinski definition) is 0. The fraction of sp³-hybridized carbons (Fsp3) is 0.611. The number of carbonyl (C=O) groups excluding carboxylic acids is 1. The van der Waals surface area contributed by atoms with Crippen molar-refractivity contribution in [2.45, 2.75) is 47.0 Å². The molecule has 0 aromatic rings. The van der Waals surface area contributed by atoms with Gasteiger partial charge in [0.2, 0.25) is 5.91 Å². The van der Waals surface area contributed by atoms with Crippen molar-refractivity contribution in [3.8, 4) is 0 Å². The highest BCUT2D eigenvalue weighted by Gasteiger charge is 2.29. The van der Waals surface area contributed by atoms with E-state index in [-0.39, 0.29) is 11.8 Å². The Morgan fingerprint density at radius 1 is 1.40 bits per heavy atom. The summed E-state index contributed by atoms with van der Waals surface area (Å²) >= 11 is 0. The Bertz CT molecular complexity index is 415. The average Bonchev–Trinajstić information content (AvgIpc) is 2.73. The van der Waals surface area contributed by atoms with Crippen LogP contribution in [0, 0.1) is 11.8 Å². The number of amides is 1. The van der Waals surface area contributed by atoms with E-state index in [2.05, 4.69) is 52.0 Å². The van der Waals surface area contributed by atoms with Crippen molar-refractivity contribution in [1.82, 2.24) is 4.90 Å². The van der Waals surface area contributed by atoms with Crippen molar-refractivity contribution in [2.24, 2.45) is 11.8 Å². The third-order valence-electron chi connectivity index (χ3n) is 3.95. The van der Waals surface area contributed by atoms with E-state index in [9.17, 15) is 4.79 Å². The Morgan fingerprint density at radius 3 is 2.60 bits per heavy atom. The Labute approximate surface area is 124 Å². The molecule has 1 unspecified atom stereocenters. The number of hydrogen-bond acceptors (Lipinski definition) is 1. The Kier molecular flexibility index (Phi) is 6.77. The molecule has 1 aliphatic heterocycles. The molecule has 1 aliphatic rings. The van der Waals surface area contributed by atoms with Gasteiger partial charge in [-0.3, -0.25) is 4.79 Å². The van der Waals surface area contributed by atoms with Gasteiger partial charge >= 0.3 is 0 Å². The lowest BCUT2D eigenvalue weighted by molar-refractivity contribution is -0.128. The molecule has 0 spiro atoms. The zero-order valence-corrected chi connectivity index (χ0v) is 13.6. The van der Waals surface area contributed by atoms with Crippen LogP contribution in [-0.4, -0.2) is 24.4 Å². The maximum absolute atomic E-state index is 12.0. The van der Waals surface area contributed by atoms with Crippen LogP contribution in [-0.2, 0) is 4.79 Å². The summed E-state index contributed by atoms with van der Waals surface area (Å²) in [6, 6.07) is 0. The third kappa shape index (κ3) is 4.66. The van der Waals surface area contributed by atoms with Gasteiger partial charge in [-0.2, -0.15) is 0 Å². The topological polar surface area (TPSA) is 20.3 Å². The standard InChI is InChI=1S/C18H29NO/c1-6-7-8-9-16(14(2)3)11-10-15(4)17-12-13-19(5)18(17)20/h8-11,14,17H,6-7,12-13H2,1-5H3/b9-8+,15-10+,16-11-. The van der Waals surface area contributed by atoms with Crippen molar-refractivity contribution < 1.29 is 4.79 Å². The van der Waals surface area contributed by atoms with Gasteiger partial charge in [0, 0.05) is 13.6 Å². The van der Waals surface area contributed by atoms with E-state index in [1.807, 2.05) is 11.9 Å². The van der Waals surface area contributed by atoms with E-state index < -0.39 is 0 Å². The first kappa shape index (κ1) is 16.7. The van der Waals surface area contributed by atoms with Crippen LogP contribution < -0.4 is 0 Å². The largest absolute Gasteiger partial charge is 0.345 e. The molecule has 0 N–H and O–H groups in total. The molecule has 0 saturated carbocycles. The molecule has 1 rings (SSSR count). The fourth-order valence-electron chi connectivity index (χ4n) is 2.42. The molecule has 1 fully saturated rings. The molecule has 0 aromatic carbocycles. The molecule has 0 aliphatic carbocycles. The highest BCUT2D eigenvalue weighted by Crippen LogP contribution is 2.24. The van der Waals surface area contributed by atoms with Gasteiger partial charge in [0.25, 0.3) is 0 Å². The molecule has 2 nitrogen and oxygen atoms in total. The molecule has 0 bridgehead atoms. The number of unbranched alkanes of at least 4 members (excludes halogenated alkanes) is 1. The third-order valence-corrected chi connectivity index (χ3v) is 3.95. The van der Waals surface area contributed by atoms with Crippen molar-refractivity contribution in [3.05, 3.63) is 35.5 Å². The molecule has 0 radical (unpaired) electrons. The van der Waals surface area contributed by atoms with Crippen molar-refractivity contribution in [3.63, 3.8) is 0 Å². The molecular weight excluding hydrogens is 246 g/mol. The van der Waals surface area contributed by atoms with Gasteiger partial charge < -0.3 is 4.90 Å². The van der Waals surface area contributed by atoms with Gasteiger partial charge in [0.15, 0.2) is 0 Å². The highest BCUT2D eigenvalue weighted by atomic mass is 16.2. The van der Waals surface area contributed by atoms with Crippen LogP contribution in [0.2, 0.25) is 0 Å². The van der Waals surface area contributed by atoms with Crippen LogP contribution >= 0.6 is 0 Å². The van der Waals surface area contributed by atoms with Gasteiger partial charge in [-0.15, -0.1) is 0 Å². The Balaban J connectivity index is 2.79. The molecule has 2 heteroatoms. The molecular formula is C18H29NO. The summed E-state index contributed by atoms with van der Waals surface area (Å²) in [5, 5.41) is 0. The van der Waals surface area contributed by atoms with Gasteiger partial charge in [0.1, 0.15) is 0 Å². The van der Waals surface area contributed by atoms with Crippen molar-refractivity contribution in [1.29, 1.82) is 0 Å². The van der Waals surface area contributed by atoms with E-state index in [0.717, 1.165) is 19.4 Å². The summed E-state index contributed by atoms with van der Waals surface area (Å²) in [6.45, 7) is 9.56. The Hall–Kier alpha value is -1.31. The van der Waals surface area contributed by atoms with Crippen LogP contribution in [0.5, 0.6) is 0 Å². The predicted molar refractivity (Wildman–Crippen MR) is 86.5 cm³/mol. The summed E-state index contributed by atoms with van der Waals surface area (Å²) in [4.78, 5) is 13.8. The molecule has 112 valence electrons.